The minimum atomic E-state index is -4.51. The van der Waals surface area contributed by atoms with Crippen molar-refractivity contribution in [3.63, 3.8) is 0 Å². The van der Waals surface area contributed by atoms with Crippen molar-refractivity contribution >= 4 is 47.7 Å². The van der Waals surface area contributed by atoms with Gasteiger partial charge in [0, 0.05) is 60.1 Å². The zero-order valence-corrected chi connectivity index (χ0v) is 34.7. The molecule has 0 saturated heterocycles. The molecule has 3 aromatic rings. The van der Waals surface area contributed by atoms with Gasteiger partial charge in [0.15, 0.2) is 28.7 Å². The maximum Gasteiger partial charge on any atom is 0.311 e. The van der Waals surface area contributed by atoms with Crippen molar-refractivity contribution in [1.29, 1.82) is 0 Å². The molecule has 0 fully saturated rings. The molecule has 0 spiro atoms. The number of halogens is 4. The van der Waals surface area contributed by atoms with E-state index in [-0.39, 0.29) is 67.4 Å². The molecule has 3 aliphatic heterocycles. The lowest BCUT2D eigenvalue weighted by Gasteiger charge is -2.48. The van der Waals surface area contributed by atoms with Crippen molar-refractivity contribution in [3.8, 4) is 17.2 Å². The first-order chi connectivity index (χ1) is 27.1. The molecule has 0 bridgehead atoms. The van der Waals surface area contributed by atoms with Gasteiger partial charge in [-0.15, -0.1) is 0 Å². The van der Waals surface area contributed by atoms with Crippen LogP contribution in [-0.4, -0.2) is 86.3 Å². The minimum absolute atomic E-state index is 0.0169. The van der Waals surface area contributed by atoms with Crippen molar-refractivity contribution in [2.75, 3.05) is 35.2 Å². The Morgan fingerprint density at radius 2 is 1.44 bits per heavy atom. The van der Waals surface area contributed by atoms with E-state index in [1.807, 2.05) is 23.3 Å². The van der Waals surface area contributed by atoms with E-state index < -0.39 is 112 Å². The Kier molecular flexibility index (Phi) is 11.8. The molecule has 3 aliphatic rings. The van der Waals surface area contributed by atoms with Crippen LogP contribution >= 0.6 is 0 Å². The lowest BCUT2D eigenvalue weighted by molar-refractivity contribution is -0.135. The van der Waals surface area contributed by atoms with Gasteiger partial charge in [-0.25, -0.2) is 18.3 Å². The van der Waals surface area contributed by atoms with Crippen LogP contribution in [-0.2, 0) is 35.1 Å². The Morgan fingerprint density at radius 1 is 0.831 bits per heavy atom. The lowest BCUT2D eigenvalue weighted by Crippen LogP contribution is -2.54. The van der Waals surface area contributed by atoms with Gasteiger partial charge in [0.2, 0.25) is 22.7 Å². The minimum Gasteiger partial charge on any atom is -0.452 e. The van der Waals surface area contributed by atoms with E-state index in [9.17, 15) is 61.3 Å². The van der Waals surface area contributed by atoms with Crippen LogP contribution < -0.4 is 29.7 Å². The van der Waals surface area contributed by atoms with Crippen LogP contribution in [0.25, 0.3) is 0 Å². The van der Waals surface area contributed by atoms with Crippen LogP contribution in [0.4, 0.5) is 28.9 Å². The van der Waals surface area contributed by atoms with E-state index in [4.69, 9.17) is 9.73 Å². The molecule has 0 aliphatic carbocycles. The fourth-order valence-electron chi connectivity index (χ4n) is 8.40. The summed E-state index contributed by atoms with van der Waals surface area (Å²) in [5.74, 6) is -12.9. The molecular formula is C37H42F4N3O12S3+. The Bertz CT molecular complexity index is 2690. The second-order valence-corrected chi connectivity index (χ2v) is 20.8. The van der Waals surface area contributed by atoms with Gasteiger partial charge in [-0.3, -0.25) is 18.5 Å². The number of fused-ring (bicyclic) bond motifs is 4. The van der Waals surface area contributed by atoms with Crippen LogP contribution in [0, 0.1) is 23.3 Å². The van der Waals surface area contributed by atoms with Gasteiger partial charge in [-0.2, -0.15) is 34.0 Å². The van der Waals surface area contributed by atoms with Gasteiger partial charge < -0.3 is 14.4 Å². The van der Waals surface area contributed by atoms with Crippen molar-refractivity contribution in [2.45, 2.75) is 82.7 Å². The Labute approximate surface area is 337 Å². The maximum atomic E-state index is 14.2. The van der Waals surface area contributed by atoms with E-state index in [0.717, 1.165) is 0 Å². The van der Waals surface area contributed by atoms with Gasteiger partial charge in [0.25, 0.3) is 30.4 Å². The first-order valence-electron chi connectivity index (χ1n) is 18.3. The van der Waals surface area contributed by atoms with Gasteiger partial charge >= 0.3 is 5.97 Å². The number of anilines is 1. The number of nitrogens with zero attached hydrogens (tertiary/aromatic N) is 3. The van der Waals surface area contributed by atoms with E-state index in [1.165, 1.54) is 0 Å². The highest BCUT2D eigenvalue weighted by Crippen LogP contribution is 2.49. The Hall–Kier alpha value is -4.22. The van der Waals surface area contributed by atoms with Crippen molar-refractivity contribution in [1.82, 2.24) is 4.58 Å². The molecule has 22 heteroatoms. The van der Waals surface area contributed by atoms with Gasteiger partial charge in [0.05, 0.1) is 29.7 Å². The molecule has 3 N–H and O–H groups in total. The van der Waals surface area contributed by atoms with Crippen LogP contribution in [0.5, 0.6) is 17.2 Å². The van der Waals surface area contributed by atoms with E-state index in [1.54, 1.807) is 38.1 Å². The van der Waals surface area contributed by atoms with Crippen LogP contribution in [0.1, 0.15) is 82.8 Å². The summed E-state index contributed by atoms with van der Waals surface area (Å²) in [6.07, 6.45) is -0.0525. The molecule has 2 unspecified atom stereocenters. The Balaban J connectivity index is 1.42. The van der Waals surface area contributed by atoms with Gasteiger partial charge in [0.1, 0.15) is 17.6 Å². The highest BCUT2D eigenvalue weighted by molar-refractivity contribution is 7.86. The molecule has 6 rings (SSSR count). The normalized spacial score (nSPS) is 19.4. The fourth-order valence-corrected chi connectivity index (χ4v) is 10.5. The number of hydrogen-bond donors (Lipinski definition) is 3. The first kappa shape index (κ1) is 44.3. The van der Waals surface area contributed by atoms with E-state index in [0.29, 0.717) is 22.2 Å². The molecule has 322 valence electrons. The molecule has 0 amide bonds. The SMILES string of the molecule is CC1(C)CC(CS(=O)(=O)O)c2cc3c(cc2N1CCCS(=O)(=O)O)Oc1cc2c(cc1=N3)C(CS(=O)(=O)O)CC(C)(C)[N+]=2CCCC(=O)Oc1c(F)c(F)cc(F)c1F. The number of rotatable bonds is 13. The summed E-state index contributed by atoms with van der Waals surface area (Å²) < 4.78 is 170. The Morgan fingerprint density at radius 3 is 2.03 bits per heavy atom. The number of hydrogen-bond acceptors (Lipinski definition) is 11. The number of carbonyl (C=O) groups is 1. The molecule has 59 heavy (non-hydrogen) atoms. The zero-order valence-electron chi connectivity index (χ0n) is 32.2. The third kappa shape index (κ3) is 9.88. The summed E-state index contributed by atoms with van der Waals surface area (Å²) in [6, 6.07) is 6.39. The zero-order chi connectivity index (χ0) is 43.6. The first-order valence-corrected chi connectivity index (χ1v) is 23.1. The fraction of sp³-hybridized carbons (Fsp3) is 0.486. The average molecular weight is 893 g/mol. The van der Waals surface area contributed by atoms with Crippen LogP contribution in [0.2, 0.25) is 0 Å². The summed E-state index contributed by atoms with van der Waals surface area (Å²) in [5.41, 5.74) is 0.0397. The second-order valence-electron chi connectivity index (χ2n) is 16.2. The molecule has 15 nitrogen and oxygen atoms in total. The molecule has 0 aromatic heterocycles. The maximum absolute atomic E-state index is 14.2. The number of benzene rings is 3. The quantitative estimate of drug-likeness (QED) is 0.0419. The molecule has 0 saturated carbocycles. The van der Waals surface area contributed by atoms with E-state index >= 15 is 0 Å². The highest BCUT2D eigenvalue weighted by atomic mass is 32.2. The van der Waals surface area contributed by atoms with Crippen molar-refractivity contribution in [3.05, 3.63) is 75.4 Å². The lowest BCUT2D eigenvalue weighted by atomic mass is 9.79. The largest absolute Gasteiger partial charge is 0.452 e. The number of esters is 1. The molecule has 2 atom stereocenters. The van der Waals surface area contributed by atoms with Gasteiger partial charge in [-0.1, -0.05) is 0 Å². The standard InChI is InChI=1S/C37H41F4N3O12S3/c1-36(2)16-20(18-58(49,50)51)22-11-26-30(14-28(22)43(36)8-5-7-32(45)56-35-33(40)24(38)13-25(39)34(35)41)55-31-15-29-23(12-27(31)42-26)21(19-59(52,53)54)17-37(3,4)44(29)9-6-10-57(46,47)48/h11-15,20-21H,5-10,16-19H2,1-4H3,(H2-,46,47,48,49,50,51,52,53,54)/p+1. The smallest absolute Gasteiger partial charge is 0.311 e. The summed E-state index contributed by atoms with van der Waals surface area (Å²) in [5, 5.41) is 0.683. The average Bonchev–Trinajstić information content (AvgIpc) is 3.07. The summed E-state index contributed by atoms with van der Waals surface area (Å²) >= 11 is 0. The van der Waals surface area contributed by atoms with E-state index in [2.05, 4.69) is 4.74 Å². The summed E-state index contributed by atoms with van der Waals surface area (Å²) in [6.45, 7) is 7.43. The molecule has 3 aromatic carbocycles. The second kappa shape index (κ2) is 15.7. The molecule has 3 heterocycles. The summed E-state index contributed by atoms with van der Waals surface area (Å²) in [7, 11) is -13.3. The monoisotopic (exact) mass is 892 g/mol. The molecule has 0 radical (unpaired) electrons. The third-order valence-electron chi connectivity index (χ3n) is 10.7. The van der Waals surface area contributed by atoms with Crippen molar-refractivity contribution in [2.24, 2.45) is 4.99 Å². The predicted octanol–water partition coefficient (Wildman–Crippen LogP) is 4.57. The number of ether oxygens (including phenoxy) is 2. The highest BCUT2D eigenvalue weighted by Gasteiger charge is 2.43. The van der Waals surface area contributed by atoms with Crippen molar-refractivity contribution < 1.29 is 70.7 Å². The van der Waals surface area contributed by atoms with Gasteiger partial charge in [-0.05, 0) is 58.2 Å². The van der Waals surface area contributed by atoms with Crippen LogP contribution in [0.3, 0.4) is 0 Å². The summed E-state index contributed by atoms with van der Waals surface area (Å²) in [4.78, 5) is 19.3. The number of carbonyl (C=O) groups excluding carboxylic acids is 1. The topological polar surface area (TPSA) is 217 Å². The predicted molar refractivity (Wildman–Crippen MR) is 205 cm³/mol. The van der Waals surface area contributed by atoms with Crippen LogP contribution in [0.15, 0.2) is 35.3 Å². The third-order valence-corrected chi connectivity index (χ3v) is 13.2. The molecular weight excluding hydrogens is 851 g/mol.